The van der Waals surface area contributed by atoms with Gasteiger partial charge in [-0.05, 0) is 51.3 Å². The van der Waals surface area contributed by atoms with E-state index < -0.39 is 17.8 Å². The summed E-state index contributed by atoms with van der Waals surface area (Å²) in [6.45, 7) is 11.3. The van der Waals surface area contributed by atoms with Crippen LogP contribution in [0.5, 0.6) is 0 Å². The zero-order chi connectivity index (χ0) is 22.6. The number of nitrogens with one attached hydrogen (secondary N) is 2. The SMILES string of the molecule is CCCCCN(Cc1cccc(NC(=O)O)c1)C(CCCC)NC(=O)OC(C)(C)C. The first-order valence-electron chi connectivity index (χ1n) is 11.0. The van der Waals surface area contributed by atoms with Crippen molar-refractivity contribution in [3.63, 3.8) is 0 Å². The van der Waals surface area contributed by atoms with Gasteiger partial charge in [0.2, 0.25) is 0 Å². The molecule has 0 aliphatic heterocycles. The monoisotopic (exact) mass is 421 g/mol. The van der Waals surface area contributed by atoms with Gasteiger partial charge in [-0.25, -0.2) is 9.59 Å². The first-order valence-corrected chi connectivity index (χ1v) is 11.0. The lowest BCUT2D eigenvalue weighted by molar-refractivity contribution is 0.0391. The summed E-state index contributed by atoms with van der Waals surface area (Å²) in [6.07, 6.45) is 4.47. The van der Waals surface area contributed by atoms with Crippen LogP contribution in [0.25, 0.3) is 0 Å². The fourth-order valence-electron chi connectivity index (χ4n) is 3.20. The van der Waals surface area contributed by atoms with Gasteiger partial charge in [-0.2, -0.15) is 0 Å². The van der Waals surface area contributed by atoms with Gasteiger partial charge in [-0.3, -0.25) is 10.2 Å². The third-order valence-corrected chi connectivity index (χ3v) is 4.57. The molecule has 0 saturated heterocycles. The summed E-state index contributed by atoms with van der Waals surface area (Å²) in [5.74, 6) is 0. The molecule has 1 unspecified atom stereocenters. The molecule has 1 rings (SSSR count). The van der Waals surface area contributed by atoms with Gasteiger partial charge in [0.25, 0.3) is 0 Å². The molecule has 1 aromatic rings. The Hall–Kier alpha value is -2.28. The molecule has 170 valence electrons. The fourth-order valence-corrected chi connectivity index (χ4v) is 3.20. The summed E-state index contributed by atoms with van der Waals surface area (Å²) in [7, 11) is 0. The summed E-state index contributed by atoms with van der Waals surface area (Å²) in [6, 6.07) is 7.38. The highest BCUT2D eigenvalue weighted by Crippen LogP contribution is 2.18. The molecule has 2 amide bonds. The fraction of sp³-hybridized carbons (Fsp3) is 0.652. The van der Waals surface area contributed by atoms with Crippen LogP contribution in [-0.2, 0) is 11.3 Å². The number of hydrogen-bond acceptors (Lipinski definition) is 4. The zero-order valence-corrected chi connectivity index (χ0v) is 19.2. The number of carbonyl (C=O) groups excluding carboxylic acids is 1. The van der Waals surface area contributed by atoms with Crippen LogP contribution in [0.4, 0.5) is 15.3 Å². The van der Waals surface area contributed by atoms with Crippen LogP contribution >= 0.6 is 0 Å². The normalized spacial score (nSPS) is 12.5. The number of carbonyl (C=O) groups is 2. The average molecular weight is 422 g/mol. The molecular weight excluding hydrogens is 382 g/mol. The van der Waals surface area contributed by atoms with Crippen LogP contribution in [0.1, 0.15) is 78.7 Å². The topological polar surface area (TPSA) is 90.9 Å². The van der Waals surface area contributed by atoms with Gasteiger partial charge in [0.05, 0.1) is 6.17 Å². The predicted octanol–water partition coefficient (Wildman–Crippen LogP) is 5.81. The Morgan fingerprint density at radius 1 is 1.13 bits per heavy atom. The molecule has 0 aromatic heterocycles. The number of anilines is 1. The summed E-state index contributed by atoms with van der Waals surface area (Å²) in [5, 5.41) is 14.4. The summed E-state index contributed by atoms with van der Waals surface area (Å²) < 4.78 is 5.49. The third kappa shape index (κ3) is 11.0. The molecule has 3 N–H and O–H groups in total. The second-order valence-corrected chi connectivity index (χ2v) is 8.61. The minimum atomic E-state index is -1.08. The molecule has 1 aromatic carbocycles. The number of carboxylic acid groups (broad SMARTS) is 1. The summed E-state index contributed by atoms with van der Waals surface area (Å²) >= 11 is 0. The second kappa shape index (κ2) is 13.1. The van der Waals surface area contributed by atoms with E-state index in [-0.39, 0.29) is 6.17 Å². The van der Waals surface area contributed by atoms with Crippen molar-refractivity contribution in [2.24, 2.45) is 0 Å². The Kier molecular flexibility index (Phi) is 11.3. The minimum Gasteiger partial charge on any atom is -0.465 e. The number of rotatable bonds is 12. The van der Waals surface area contributed by atoms with Gasteiger partial charge in [0.1, 0.15) is 5.60 Å². The van der Waals surface area contributed by atoms with Crippen molar-refractivity contribution in [3.8, 4) is 0 Å². The number of alkyl carbamates (subject to hydrolysis) is 1. The van der Waals surface area contributed by atoms with Crippen LogP contribution in [0.3, 0.4) is 0 Å². The minimum absolute atomic E-state index is 0.146. The first-order chi connectivity index (χ1) is 14.1. The quantitative estimate of drug-likeness (QED) is 0.293. The van der Waals surface area contributed by atoms with E-state index in [2.05, 4.69) is 29.4 Å². The number of nitrogens with zero attached hydrogens (tertiary/aromatic N) is 1. The van der Waals surface area contributed by atoms with Crippen molar-refractivity contribution in [1.82, 2.24) is 10.2 Å². The molecule has 0 heterocycles. The zero-order valence-electron chi connectivity index (χ0n) is 19.2. The van der Waals surface area contributed by atoms with Crippen molar-refractivity contribution in [1.29, 1.82) is 0 Å². The number of benzene rings is 1. The number of unbranched alkanes of at least 4 members (excludes halogenated alkanes) is 3. The smallest absolute Gasteiger partial charge is 0.409 e. The second-order valence-electron chi connectivity index (χ2n) is 8.61. The maximum atomic E-state index is 12.5. The first kappa shape index (κ1) is 25.8. The Balaban J connectivity index is 3.00. The van der Waals surface area contributed by atoms with E-state index in [0.29, 0.717) is 12.2 Å². The van der Waals surface area contributed by atoms with Crippen molar-refractivity contribution in [3.05, 3.63) is 29.8 Å². The molecule has 0 bridgehead atoms. The van der Waals surface area contributed by atoms with E-state index in [0.717, 1.165) is 50.6 Å². The van der Waals surface area contributed by atoms with Gasteiger partial charge in [-0.15, -0.1) is 0 Å². The maximum Gasteiger partial charge on any atom is 0.409 e. The molecule has 7 heteroatoms. The molecule has 1 atom stereocenters. The Morgan fingerprint density at radius 3 is 2.43 bits per heavy atom. The van der Waals surface area contributed by atoms with Crippen molar-refractivity contribution < 1.29 is 19.4 Å². The lowest BCUT2D eigenvalue weighted by Crippen LogP contribution is -2.49. The van der Waals surface area contributed by atoms with Gasteiger partial charge in [-0.1, -0.05) is 51.7 Å². The maximum absolute atomic E-state index is 12.5. The van der Waals surface area contributed by atoms with E-state index in [1.165, 1.54) is 0 Å². The van der Waals surface area contributed by atoms with Gasteiger partial charge < -0.3 is 15.2 Å². The molecule has 7 nitrogen and oxygen atoms in total. The molecule has 0 aliphatic rings. The predicted molar refractivity (Wildman–Crippen MR) is 121 cm³/mol. The Bertz CT molecular complexity index is 658. The number of hydrogen-bond donors (Lipinski definition) is 3. The highest BCUT2D eigenvalue weighted by atomic mass is 16.6. The number of amides is 2. The standard InChI is InChI=1S/C23H39N3O4/c1-6-8-10-15-26(17-18-12-11-13-19(16-18)24-21(27)28)20(14-9-7-2)25-22(29)30-23(3,4)5/h11-13,16,20,24H,6-10,14-15,17H2,1-5H3,(H,25,29)(H,27,28). The van der Waals surface area contributed by atoms with E-state index in [9.17, 15) is 9.59 Å². The highest BCUT2D eigenvalue weighted by molar-refractivity contribution is 5.82. The van der Waals surface area contributed by atoms with Crippen LogP contribution in [0.15, 0.2) is 24.3 Å². The van der Waals surface area contributed by atoms with E-state index in [1.54, 1.807) is 6.07 Å². The van der Waals surface area contributed by atoms with Crippen LogP contribution in [0, 0.1) is 0 Å². The van der Waals surface area contributed by atoms with E-state index >= 15 is 0 Å². The summed E-state index contributed by atoms with van der Waals surface area (Å²) in [5.41, 5.74) is 0.979. The van der Waals surface area contributed by atoms with Crippen molar-refractivity contribution in [2.45, 2.75) is 91.5 Å². The molecule has 0 fully saturated rings. The molecule has 0 radical (unpaired) electrons. The third-order valence-electron chi connectivity index (χ3n) is 4.57. The average Bonchev–Trinajstić information content (AvgIpc) is 2.63. The van der Waals surface area contributed by atoms with Gasteiger partial charge >= 0.3 is 12.2 Å². The Labute approximate surface area is 181 Å². The molecular formula is C23H39N3O4. The molecule has 30 heavy (non-hydrogen) atoms. The number of ether oxygens (including phenoxy) is 1. The molecule has 0 aliphatic carbocycles. The highest BCUT2D eigenvalue weighted by Gasteiger charge is 2.24. The molecule has 0 saturated carbocycles. The van der Waals surface area contributed by atoms with Crippen LogP contribution in [-0.4, -0.2) is 40.5 Å². The van der Waals surface area contributed by atoms with Crippen LogP contribution in [0.2, 0.25) is 0 Å². The van der Waals surface area contributed by atoms with Crippen LogP contribution < -0.4 is 10.6 Å². The lowest BCUT2D eigenvalue weighted by atomic mass is 10.1. The summed E-state index contributed by atoms with van der Waals surface area (Å²) in [4.78, 5) is 25.7. The van der Waals surface area contributed by atoms with Gasteiger partial charge in [0, 0.05) is 18.8 Å². The Morgan fingerprint density at radius 2 is 1.83 bits per heavy atom. The molecule has 0 spiro atoms. The van der Waals surface area contributed by atoms with E-state index in [1.807, 2.05) is 39.0 Å². The van der Waals surface area contributed by atoms with E-state index in [4.69, 9.17) is 9.84 Å². The van der Waals surface area contributed by atoms with Gasteiger partial charge in [0.15, 0.2) is 0 Å². The van der Waals surface area contributed by atoms with Crippen molar-refractivity contribution >= 4 is 17.9 Å². The van der Waals surface area contributed by atoms with Crippen molar-refractivity contribution in [2.75, 3.05) is 11.9 Å². The largest absolute Gasteiger partial charge is 0.465 e. The lowest BCUT2D eigenvalue weighted by Gasteiger charge is -2.33.